The Kier molecular flexibility index (Phi) is 4.87. The first-order valence-electron chi connectivity index (χ1n) is 9.08. The minimum absolute atomic E-state index is 0.119. The molecule has 1 fully saturated rings. The molecule has 2 aromatic heterocycles. The molecule has 0 unspecified atom stereocenters. The van der Waals surface area contributed by atoms with E-state index in [-0.39, 0.29) is 11.8 Å². The van der Waals surface area contributed by atoms with Crippen LogP contribution in [0.1, 0.15) is 16.6 Å². The van der Waals surface area contributed by atoms with Crippen LogP contribution < -0.4 is 16.0 Å². The number of nitrogens with one attached hydrogen (secondary N) is 1. The van der Waals surface area contributed by atoms with Crippen molar-refractivity contribution in [3.8, 4) is 0 Å². The van der Waals surface area contributed by atoms with E-state index in [1.54, 1.807) is 13.1 Å². The summed E-state index contributed by atoms with van der Waals surface area (Å²) in [5, 5.41) is 3.71. The maximum Gasteiger partial charge on any atom is 0.267 e. The smallest absolute Gasteiger partial charge is 0.267 e. The SMILES string of the molecule is CC(=O)N1CCN(c2ccc(NC(=O)c3sc4ncccc4c3N)cc2)CC1. The highest BCUT2D eigenvalue weighted by Gasteiger charge is 2.19. The van der Waals surface area contributed by atoms with Gasteiger partial charge in [-0.15, -0.1) is 11.3 Å². The summed E-state index contributed by atoms with van der Waals surface area (Å²) in [4.78, 5) is 33.7. The quantitative estimate of drug-likeness (QED) is 0.712. The Labute approximate surface area is 166 Å². The lowest BCUT2D eigenvalue weighted by atomic mass is 10.2. The van der Waals surface area contributed by atoms with Gasteiger partial charge in [-0.3, -0.25) is 9.59 Å². The van der Waals surface area contributed by atoms with E-state index in [0.29, 0.717) is 16.3 Å². The first kappa shape index (κ1) is 18.2. The number of pyridine rings is 1. The van der Waals surface area contributed by atoms with Crippen molar-refractivity contribution in [2.45, 2.75) is 6.92 Å². The molecule has 4 rings (SSSR count). The number of nitrogen functional groups attached to an aromatic ring is 1. The fourth-order valence-electron chi connectivity index (χ4n) is 3.34. The van der Waals surface area contributed by atoms with Gasteiger partial charge >= 0.3 is 0 Å². The van der Waals surface area contributed by atoms with Crippen LogP contribution in [0.4, 0.5) is 17.1 Å². The summed E-state index contributed by atoms with van der Waals surface area (Å²) in [7, 11) is 0. The molecule has 0 radical (unpaired) electrons. The molecular formula is C20H21N5O2S. The second-order valence-electron chi connectivity index (χ2n) is 6.70. The highest BCUT2D eigenvalue weighted by atomic mass is 32.1. The molecule has 0 saturated carbocycles. The Morgan fingerprint density at radius 2 is 1.82 bits per heavy atom. The molecule has 1 saturated heterocycles. The van der Waals surface area contributed by atoms with E-state index < -0.39 is 0 Å². The van der Waals surface area contributed by atoms with Gasteiger partial charge in [-0.05, 0) is 36.4 Å². The van der Waals surface area contributed by atoms with E-state index in [1.807, 2.05) is 41.3 Å². The van der Waals surface area contributed by atoms with Crippen LogP contribution in [0.15, 0.2) is 42.6 Å². The summed E-state index contributed by atoms with van der Waals surface area (Å²) in [6.45, 7) is 4.67. The number of hydrogen-bond acceptors (Lipinski definition) is 6. The van der Waals surface area contributed by atoms with Gasteiger partial charge in [-0.25, -0.2) is 4.98 Å². The van der Waals surface area contributed by atoms with Crippen molar-refractivity contribution in [2.75, 3.05) is 42.1 Å². The second-order valence-corrected chi connectivity index (χ2v) is 7.69. The lowest BCUT2D eigenvalue weighted by Crippen LogP contribution is -2.48. The number of piperazine rings is 1. The van der Waals surface area contributed by atoms with Gasteiger partial charge in [0, 0.05) is 56.1 Å². The highest BCUT2D eigenvalue weighted by Crippen LogP contribution is 2.32. The predicted molar refractivity (Wildman–Crippen MR) is 113 cm³/mol. The molecule has 2 amide bonds. The van der Waals surface area contributed by atoms with Gasteiger partial charge in [-0.1, -0.05) is 0 Å². The van der Waals surface area contributed by atoms with Crippen LogP contribution in [0.2, 0.25) is 0 Å². The average Bonchev–Trinajstić information content (AvgIpc) is 3.06. The van der Waals surface area contributed by atoms with E-state index in [4.69, 9.17) is 5.73 Å². The fraction of sp³-hybridized carbons (Fsp3) is 0.250. The lowest BCUT2D eigenvalue weighted by Gasteiger charge is -2.35. The third kappa shape index (κ3) is 3.50. The zero-order chi connectivity index (χ0) is 19.7. The van der Waals surface area contributed by atoms with Crippen molar-refractivity contribution in [1.82, 2.24) is 9.88 Å². The van der Waals surface area contributed by atoms with Crippen molar-refractivity contribution in [1.29, 1.82) is 0 Å². The number of hydrogen-bond donors (Lipinski definition) is 2. The number of carbonyl (C=O) groups is 2. The molecule has 8 heteroatoms. The Morgan fingerprint density at radius 1 is 1.11 bits per heavy atom. The molecule has 0 atom stereocenters. The third-order valence-corrected chi connectivity index (χ3v) is 6.05. The lowest BCUT2D eigenvalue weighted by molar-refractivity contribution is -0.129. The van der Waals surface area contributed by atoms with Crippen LogP contribution >= 0.6 is 11.3 Å². The summed E-state index contributed by atoms with van der Waals surface area (Å²) >= 11 is 1.29. The van der Waals surface area contributed by atoms with Crippen molar-refractivity contribution < 1.29 is 9.59 Å². The Morgan fingerprint density at radius 3 is 2.46 bits per heavy atom. The zero-order valence-corrected chi connectivity index (χ0v) is 16.3. The van der Waals surface area contributed by atoms with Gasteiger partial charge in [-0.2, -0.15) is 0 Å². The normalized spacial score (nSPS) is 14.3. The number of aromatic nitrogens is 1. The van der Waals surface area contributed by atoms with Crippen molar-refractivity contribution in [3.05, 3.63) is 47.5 Å². The van der Waals surface area contributed by atoms with Crippen LogP contribution in [0, 0.1) is 0 Å². The van der Waals surface area contributed by atoms with Gasteiger partial charge in [0.05, 0.1) is 5.69 Å². The third-order valence-electron chi connectivity index (χ3n) is 4.93. The monoisotopic (exact) mass is 395 g/mol. The fourth-order valence-corrected chi connectivity index (χ4v) is 4.30. The molecule has 0 aliphatic carbocycles. The molecule has 144 valence electrons. The molecule has 3 aromatic rings. The number of rotatable bonds is 3. The minimum Gasteiger partial charge on any atom is -0.397 e. The molecular weight excluding hydrogens is 374 g/mol. The van der Waals surface area contributed by atoms with Gasteiger partial charge < -0.3 is 20.9 Å². The number of amides is 2. The molecule has 28 heavy (non-hydrogen) atoms. The van der Waals surface area contributed by atoms with Crippen molar-refractivity contribution >= 4 is 50.4 Å². The van der Waals surface area contributed by atoms with E-state index in [0.717, 1.165) is 42.1 Å². The number of benzene rings is 1. The summed E-state index contributed by atoms with van der Waals surface area (Å²) in [6, 6.07) is 11.4. The van der Waals surface area contributed by atoms with Gasteiger partial charge in [0.15, 0.2) is 0 Å². The number of fused-ring (bicyclic) bond motifs is 1. The van der Waals surface area contributed by atoms with E-state index >= 15 is 0 Å². The first-order valence-corrected chi connectivity index (χ1v) is 9.89. The van der Waals surface area contributed by atoms with Crippen LogP contribution in [-0.4, -0.2) is 47.9 Å². The van der Waals surface area contributed by atoms with Gasteiger partial charge in [0.1, 0.15) is 9.71 Å². The Hall–Kier alpha value is -3.13. The number of nitrogens with zero attached hydrogens (tertiary/aromatic N) is 3. The standard InChI is InChI=1S/C20H21N5O2S/c1-13(26)24-9-11-25(12-10-24)15-6-4-14(5-7-15)23-19(27)18-17(21)16-3-2-8-22-20(16)28-18/h2-8H,9-12,21H2,1H3,(H,23,27). The highest BCUT2D eigenvalue weighted by molar-refractivity contribution is 7.21. The minimum atomic E-state index is -0.233. The van der Waals surface area contributed by atoms with Crippen LogP contribution in [0.5, 0.6) is 0 Å². The summed E-state index contributed by atoms with van der Waals surface area (Å²) in [5.74, 6) is -0.114. The molecule has 0 spiro atoms. The average molecular weight is 395 g/mol. The van der Waals surface area contributed by atoms with Crippen molar-refractivity contribution in [3.63, 3.8) is 0 Å². The number of carbonyl (C=O) groups excluding carboxylic acids is 2. The van der Waals surface area contributed by atoms with Crippen LogP contribution in [0.25, 0.3) is 10.2 Å². The molecule has 1 aliphatic heterocycles. The molecule has 1 aromatic carbocycles. The maximum absolute atomic E-state index is 12.6. The van der Waals surface area contributed by atoms with Gasteiger partial charge in [0.25, 0.3) is 5.91 Å². The van der Waals surface area contributed by atoms with Crippen LogP contribution in [-0.2, 0) is 4.79 Å². The number of anilines is 3. The summed E-state index contributed by atoms with van der Waals surface area (Å²) < 4.78 is 0. The maximum atomic E-state index is 12.6. The molecule has 7 nitrogen and oxygen atoms in total. The summed E-state index contributed by atoms with van der Waals surface area (Å²) in [5.41, 5.74) is 8.37. The molecule has 3 N–H and O–H groups in total. The number of nitrogens with two attached hydrogens (primary N) is 1. The van der Waals surface area contributed by atoms with Crippen molar-refractivity contribution in [2.24, 2.45) is 0 Å². The second kappa shape index (κ2) is 7.47. The molecule has 1 aliphatic rings. The molecule has 3 heterocycles. The zero-order valence-electron chi connectivity index (χ0n) is 15.5. The Balaban J connectivity index is 1.43. The first-order chi connectivity index (χ1) is 13.5. The topological polar surface area (TPSA) is 91.6 Å². The Bertz CT molecular complexity index is 1020. The summed E-state index contributed by atoms with van der Waals surface area (Å²) in [6.07, 6.45) is 1.69. The van der Waals surface area contributed by atoms with E-state index in [2.05, 4.69) is 15.2 Å². The molecule has 0 bridgehead atoms. The number of thiophene rings is 1. The van der Waals surface area contributed by atoms with E-state index in [9.17, 15) is 9.59 Å². The van der Waals surface area contributed by atoms with E-state index in [1.165, 1.54) is 11.3 Å². The van der Waals surface area contributed by atoms with Crippen LogP contribution in [0.3, 0.4) is 0 Å². The predicted octanol–water partition coefficient (Wildman–Crippen LogP) is 2.80. The van der Waals surface area contributed by atoms with Gasteiger partial charge in [0.2, 0.25) is 5.91 Å². The largest absolute Gasteiger partial charge is 0.397 e.